The Labute approximate surface area is 80.6 Å². The number of ether oxygens (including phenoxy) is 1. The number of rotatable bonds is 4. The summed E-state index contributed by atoms with van der Waals surface area (Å²) in [6.45, 7) is 4.99. The van der Waals surface area contributed by atoms with Crippen LogP contribution in [-0.2, 0) is 14.3 Å². The standard InChI is InChI=1S/C8H13BrO3/c1-4-5-6(10)12-8(2,3)7(9)11/h4-5H2,1-3H3. The number of carbonyl (C=O) groups excluding carboxylic acids is 2. The Kier molecular flexibility index (Phi) is 4.45. The highest BCUT2D eigenvalue weighted by atomic mass is 79.9. The summed E-state index contributed by atoms with van der Waals surface area (Å²) in [7, 11) is 0. The van der Waals surface area contributed by atoms with Crippen molar-refractivity contribution in [3.05, 3.63) is 0 Å². The molecule has 0 aliphatic heterocycles. The van der Waals surface area contributed by atoms with Crippen molar-refractivity contribution in [3.63, 3.8) is 0 Å². The highest BCUT2D eigenvalue weighted by molar-refractivity contribution is 9.18. The van der Waals surface area contributed by atoms with Crippen molar-refractivity contribution >= 4 is 26.6 Å². The minimum absolute atomic E-state index is 0.320. The maximum absolute atomic E-state index is 11.0. The van der Waals surface area contributed by atoms with Gasteiger partial charge in [0.1, 0.15) is 0 Å². The number of hydrogen-bond acceptors (Lipinski definition) is 3. The van der Waals surface area contributed by atoms with E-state index in [-0.39, 0.29) is 10.7 Å². The summed E-state index contributed by atoms with van der Waals surface area (Å²) >= 11 is 2.76. The van der Waals surface area contributed by atoms with Crippen LogP contribution in [0.3, 0.4) is 0 Å². The van der Waals surface area contributed by atoms with Gasteiger partial charge in [0.05, 0.1) is 0 Å². The lowest BCUT2D eigenvalue weighted by Crippen LogP contribution is -2.33. The van der Waals surface area contributed by atoms with Crippen LogP contribution in [0.4, 0.5) is 0 Å². The van der Waals surface area contributed by atoms with Crippen molar-refractivity contribution in [2.45, 2.75) is 39.2 Å². The molecule has 0 radical (unpaired) electrons. The van der Waals surface area contributed by atoms with Crippen molar-refractivity contribution in [1.29, 1.82) is 0 Å². The molecule has 0 saturated carbocycles. The van der Waals surface area contributed by atoms with Gasteiger partial charge < -0.3 is 4.74 Å². The molecule has 0 amide bonds. The van der Waals surface area contributed by atoms with Gasteiger partial charge in [0.2, 0.25) is 4.69 Å². The van der Waals surface area contributed by atoms with Crippen LogP contribution in [0, 0.1) is 0 Å². The van der Waals surface area contributed by atoms with Crippen LogP contribution < -0.4 is 0 Å². The van der Waals surface area contributed by atoms with Crippen molar-refractivity contribution in [3.8, 4) is 0 Å². The number of halogens is 1. The summed E-state index contributed by atoms with van der Waals surface area (Å²) < 4.78 is 4.58. The van der Waals surface area contributed by atoms with E-state index < -0.39 is 5.60 Å². The van der Waals surface area contributed by atoms with Gasteiger partial charge in [-0.2, -0.15) is 0 Å². The van der Waals surface area contributed by atoms with E-state index in [1.807, 2.05) is 6.92 Å². The van der Waals surface area contributed by atoms with Crippen LogP contribution in [0.25, 0.3) is 0 Å². The molecule has 0 rings (SSSR count). The van der Waals surface area contributed by atoms with Gasteiger partial charge in [-0.1, -0.05) is 6.92 Å². The predicted molar refractivity (Wildman–Crippen MR) is 49.0 cm³/mol. The zero-order valence-electron chi connectivity index (χ0n) is 7.52. The third-order valence-corrected chi connectivity index (χ3v) is 2.25. The zero-order valence-corrected chi connectivity index (χ0v) is 9.10. The quantitative estimate of drug-likeness (QED) is 0.555. The molecule has 70 valence electrons. The molecule has 0 heterocycles. The maximum Gasteiger partial charge on any atom is 0.306 e. The van der Waals surface area contributed by atoms with Crippen LogP contribution in [-0.4, -0.2) is 16.3 Å². The normalized spacial score (nSPS) is 11.0. The fourth-order valence-corrected chi connectivity index (χ4v) is 0.661. The third kappa shape index (κ3) is 3.85. The fourth-order valence-electron chi connectivity index (χ4n) is 0.580. The molecule has 4 heteroatoms. The van der Waals surface area contributed by atoms with E-state index in [9.17, 15) is 9.59 Å². The van der Waals surface area contributed by atoms with Gasteiger partial charge >= 0.3 is 5.97 Å². The molecule has 0 atom stereocenters. The Bertz CT molecular complexity index is 187. The van der Waals surface area contributed by atoms with Crippen molar-refractivity contribution in [2.75, 3.05) is 0 Å². The summed E-state index contributed by atoms with van der Waals surface area (Å²) in [6.07, 6.45) is 1.08. The number of esters is 1. The summed E-state index contributed by atoms with van der Waals surface area (Å²) in [5.41, 5.74) is -1.05. The molecule has 0 aliphatic rings. The molecule has 0 spiro atoms. The maximum atomic E-state index is 11.0. The van der Waals surface area contributed by atoms with Crippen LogP contribution >= 0.6 is 15.9 Å². The lowest BCUT2D eigenvalue weighted by molar-refractivity contribution is -0.160. The second-order valence-corrected chi connectivity index (χ2v) is 3.73. The average molecular weight is 237 g/mol. The fraction of sp³-hybridized carbons (Fsp3) is 0.750. The van der Waals surface area contributed by atoms with E-state index >= 15 is 0 Å². The molecule has 12 heavy (non-hydrogen) atoms. The van der Waals surface area contributed by atoms with Gasteiger partial charge in [0.15, 0.2) is 5.60 Å². The minimum Gasteiger partial charge on any atom is -0.451 e. The van der Waals surface area contributed by atoms with E-state index in [1.165, 1.54) is 0 Å². The smallest absolute Gasteiger partial charge is 0.306 e. The molecule has 0 aliphatic carbocycles. The van der Waals surface area contributed by atoms with E-state index in [0.29, 0.717) is 6.42 Å². The Morgan fingerprint density at radius 2 is 1.92 bits per heavy atom. The van der Waals surface area contributed by atoms with E-state index in [0.717, 1.165) is 6.42 Å². The molecule has 0 N–H and O–H groups in total. The van der Waals surface area contributed by atoms with Crippen molar-refractivity contribution in [2.24, 2.45) is 0 Å². The van der Waals surface area contributed by atoms with Gasteiger partial charge in [0, 0.05) is 6.42 Å². The largest absolute Gasteiger partial charge is 0.451 e. The second-order valence-electron chi connectivity index (χ2n) is 3.01. The molecular formula is C8H13BrO3. The zero-order chi connectivity index (χ0) is 9.78. The van der Waals surface area contributed by atoms with E-state index in [2.05, 4.69) is 15.9 Å². The molecule has 0 fully saturated rings. The Balaban J connectivity index is 4.06. The van der Waals surface area contributed by atoms with Gasteiger partial charge in [-0.15, -0.1) is 0 Å². The molecule has 0 saturated heterocycles. The van der Waals surface area contributed by atoms with Gasteiger partial charge in [0.25, 0.3) is 0 Å². The first-order chi connectivity index (χ1) is 5.40. The Morgan fingerprint density at radius 3 is 2.25 bits per heavy atom. The SMILES string of the molecule is CCCC(=O)OC(C)(C)C(=O)Br. The van der Waals surface area contributed by atoms with Crippen LogP contribution in [0.2, 0.25) is 0 Å². The molecule has 3 nitrogen and oxygen atoms in total. The Morgan fingerprint density at radius 1 is 1.42 bits per heavy atom. The highest BCUT2D eigenvalue weighted by Crippen LogP contribution is 2.15. The van der Waals surface area contributed by atoms with Gasteiger partial charge in [-0.3, -0.25) is 9.59 Å². The lowest BCUT2D eigenvalue weighted by atomic mass is 10.2. The van der Waals surface area contributed by atoms with E-state index in [1.54, 1.807) is 13.8 Å². The van der Waals surface area contributed by atoms with Crippen molar-refractivity contribution < 1.29 is 14.3 Å². The number of hydrogen-bond donors (Lipinski definition) is 0. The molecular weight excluding hydrogens is 224 g/mol. The monoisotopic (exact) mass is 236 g/mol. The van der Waals surface area contributed by atoms with Gasteiger partial charge in [-0.05, 0) is 36.2 Å². The number of carbonyl (C=O) groups is 2. The first-order valence-corrected chi connectivity index (χ1v) is 4.61. The van der Waals surface area contributed by atoms with Gasteiger partial charge in [-0.25, -0.2) is 0 Å². The molecule has 0 aromatic heterocycles. The summed E-state index contributed by atoms with van der Waals surface area (Å²) in [5.74, 6) is -0.338. The van der Waals surface area contributed by atoms with Crippen molar-refractivity contribution in [1.82, 2.24) is 0 Å². The summed E-state index contributed by atoms with van der Waals surface area (Å²) in [4.78, 5) is 21.8. The Hall–Kier alpha value is -0.380. The molecule has 0 unspecified atom stereocenters. The lowest BCUT2D eigenvalue weighted by Gasteiger charge is -2.20. The highest BCUT2D eigenvalue weighted by Gasteiger charge is 2.29. The predicted octanol–water partition coefficient (Wildman–Crippen LogP) is 2.03. The third-order valence-electron chi connectivity index (χ3n) is 1.30. The molecule has 0 aromatic carbocycles. The summed E-state index contributed by atoms with van der Waals surface area (Å²) in [5, 5.41) is 0. The second kappa shape index (κ2) is 4.60. The van der Waals surface area contributed by atoms with Crippen LogP contribution in [0.1, 0.15) is 33.6 Å². The average Bonchev–Trinajstić information content (AvgIpc) is 1.85. The van der Waals surface area contributed by atoms with Crippen LogP contribution in [0.5, 0.6) is 0 Å². The molecule has 0 bridgehead atoms. The van der Waals surface area contributed by atoms with E-state index in [4.69, 9.17) is 4.74 Å². The summed E-state index contributed by atoms with van der Waals surface area (Å²) in [6, 6.07) is 0. The topological polar surface area (TPSA) is 43.4 Å². The minimum atomic E-state index is -1.05. The first kappa shape index (κ1) is 11.6. The molecule has 0 aromatic rings. The first-order valence-electron chi connectivity index (χ1n) is 3.82. The van der Waals surface area contributed by atoms with Crippen LogP contribution in [0.15, 0.2) is 0 Å².